The largest absolute Gasteiger partial charge is 0.354 e. The fraction of sp³-hybridized carbons (Fsp3) is 0.579. The first kappa shape index (κ1) is 19.7. The van der Waals surface area contributed by atoms with Crippen molar-refractivity contribution in [1.29, 1.82) is 0 Å². The topological polar surface area (TPSA) is 75.4 Å². The molecule has 1 aromatic rings. The zero-order chi connectivity index (χ0) is 18.4. The number of carbonyl (C=O) groups is 2. The molecule has 1 heterocycles. The third-order valence-corrected chi connectivity index (χ3v) is 5.45. The van der Waals surface area contributed by atoms with Crippen LogP contribution in [0.3, 0.4) is 0 Å². The van der Waals surface area contributed by atoms with Crippen LogP contribution >= 0.6 is 11.6 Å². The number of hydrogen-bond donors (Lipinski definition) is 2. The van der Waals surface area contributed by atoms with E-state index in [2.05, 4.69) is 5.32 Å². The summed E-state index contributed by atoms with van der Waals surface area (Å²) in [7, 11) is 0. The average Bonchev–Trinajstić information content (AvgIpc) is 2.66. The van der Waals surface area contributed by atoms with Gasteiger partial charge in [-0.25, -0.2) is 0 Å². The average molecular weight is 366 g/mol. The number of rotatable bonds is 6. The lowest BCUT2D eigenvalue weighted by atomic mass is 9.92. The molecule has 1 saturated heterocycles. The van der Waals surface area contributed by atoms with Crippen LogP contribution in [0.4, 0.5) is 0 Å². The number of amides is 2. The molecule has 1 unspecified atom stereocenters. The first-order valence-corrected chi connectivity index (χ1v) is 9.37. The maximum Gasteiger partial charge on any atom is 0.253 e. The Balaban J connectivity index is 1.94. The van der Waals surface area contributed by atoms with Crippen LogP contribution in [-0.4, -0.2) is 41.9 Å². The first-order valence-electron chi connectivity index (χ1n) is 9.00. The zero-order valence-corrected chi connectivity index (χ0v) is 15.8. The maximum atomic E-state index is 12.6. The number of nitrogens with one attached hydrogen (secondary N) is 1. The van der Waals surface area contributed by atoms with Gasteiger partial charge in [0.2, 0.25) is 5.91 Å². The Hall–Kier alpha value is -1.59. The second-order valence-electron chi connectivity index (χ2n) is 6.88. The fourth-order valence-corrected chi connectivity index (χ4v) is 3.18. The van der Waals surface area contributed by atoms with Gasteiger partial charge in [0.25, 0.3) is 5.91 Å². The number of piperidine rings is 1. The van der Waals surface area contributed by atoms with Gasteiger partial charge in [0, 0.05) is 35.8 Å². The molecule has 1 aliphatic rings. The predicted molar refractivity (Wildman–Crippen MR) is 101 cm³/mol. The minimum Gasteiger partial charge on any atom is -0.354 e. The maximum absolute atomic E-state index is 12.6. The molecule has 0 saturated carbocycles. The zero-order valence-electron chi connectivity index (χ0n) is 15.1. The second kappa shape index (κ2) is 8.68. The van der Waals surface area contributed by atoms with Crippen molar-refractivity contribution in [3.05, 3.63) is 34.9 Å². The molecule has 25 heavy (non-hydrogen) atoms. The van der Waals surface area contributed by atoms with E-state index < -0.39 is 0 Å². The highest BCUT2D eigenvalue weighted by atomic mass is 35.5. The lowest BCUT2D eigenvalue weighted by Gasteiger charge is -2.33. The number of nitrogens with two attached hydrogens (primary N) is 1. The van der Waals surface area contributed by atoms with Crippen LogP contribution in [0.25, 0.3) is 0 Å². The van der Waals surface area contributed by atoms with Crippen molar-refractivity contribution < 1.29 is 9.59 Å². The number of carbonyl (C=O) groups excluding carboxylic acids is 2. The van der Waals surface area contributed by atoms with Gasteiger partial charge >= 0.3 is 0 Å². The molecule has 0 aliphatic carbocycles. The Bertz CT molecular complexity index is 599. The van der Waals surface area contributed by atoms with Gasteiger partial charge in [-0.05, 0) is 49.9 Å². The predicted octanol–water partition coefficient (Wildman–Crippen LogP) is 2.83. The fourth-order valence-electron chi connectivity index (χ4n) is 3.06. The molecule has 3 N–H and O–H groups in total. The van der Waals surface area contributed by atoms with Crippen LogP contribution in [0.5, 0.6) is 0 Å². The second-order valence-corrected chi connectivity index (χ2v) is 7.32. The van der Waals surface area contributed by atoms with E-state index in [1.54, 1.807) is 29.2 Å². The van der Waals surface area contributed by atoms with Gasteiger partial charge in [-0.15, -0.1) is 0 Å². The van der Waals surface area contributed by atoms with E-state index in [1.807, 2.05) is 13.8 Å². The quantitative estimate of drug-likeness (QED) is 0.813. The Labute approximate surface area is 154 Å². The highest BCUT2D eigenvalue weighted by molar-refractivity contribution is 6.30. The summed E-state index contributed by atoms with van der Waals surface area (Å²) in [6.45, 7) is 5.66. The normalized spacial score (nSPS) is 18.1. The first-order chi connectivity index (χ1) is 11.9. The minimum absolute atomic E-state index is 0.00895. The highest BCUT2D eigenvalue weighted by Gasteiger charge is 2.30. The molecular formula is C19H28ClN3O2. The minimum atomic E-state index is -0.358. The van der Waals surface area contributed by atoms with Gasteiger partial charge in [0.1, 0.15) is 0 Å². The lowest BCUT2D eigenvalue weighted by Crippen LogP contribution is -2.52. The Kier molecular flexibility index (Phi) is 6.85. The van der Waals surface area contributed by atoms with Crippen LogP contribution < -0.4 is 11.1 Å². The van der Waals surface area contributed by atoms with Gasteiger partial charge in [-0.3, -0.25) is 9.59 Å². The summed E-state index contributed by atoms with van der Waals surface area (Å²) in [5.74, 6) is -0.238. The Morgan fingerprint density at radius 3 is 2.52 bits per heavy atom. The van der Waals surface area contributed by atoms with Gasteiger partial charge in [0.05, 0.1) is 5.92 Å². The summed E-state index contributed by atoms with van der Waals surface area (Å²) in [4.78, 5) is 26.9. The van der Waals surface area contributed by atoms with E-state index in [0.717, 1.165) is 25.7 Å². The summed E-state index contributed by atoms with van der Waals surface area (Å²) in [5.41, 5.74) is 6.49. The molecule has 2 amide bonds. The smallest absolute Gasteiger partial charge is 0.253 e. The number of hydrogen-bond acceptors (Lipinski definition) is 3. The molecule has 5 nitrogen and oxygen atoms in total. The summed E-state index contributed by atoms with van der Waals surface area (Å²) in [5, 5.41) is 3.58. The monoisotopic (exact) mass is 365 g/mol. The molecule has 138 valence electrons. The molecule has 0 radical (unpaired) electrons. The van der Waals surface area contributed by atoms with Crippen LogP contribution in [0.2, 0.25) is 5.02 Å². The molecule has 1 atom stereocenters. The summed E-state index contributed by atoms with van der Waals surface area (Å²) in [6, 6.07) is 6.86. The number of halogens is 1. The van der Waals surface area contributed by atoms with Crippen molar-refractivity contribution in [2.45, 2.75) is 45.1 Å². The molecule has 0 spiro atoms. The van der Waals surface area contributed by atoms with Gasteiger partial charge in [-0.1, -0.05) is 25.4 Å². The van der Waals surface area contributed by atoms with E-state index in [4.69, 9.17) is 17.3 Å². The number of nitrogens with zero attached hydrogens (tertiary/aromatic N) is 1. The van der Waals surface area contributed by atoms with Crippen LogP contribution in [0.15, 0.2) is 24.3 Å². The number of benzene rings is 1. The molecular weight excluding hydrogens is 338 g/mol. The summed E-state index contributed by atoms with van der Waals surface area (Å²) in [6.07, 6.45) is 3.25. The van der Waals surface area contributed by atoms with Gasteiger partial charge in [0.15, 0.2) is 0 Å². The Morgan fingerprint density at radius 1 is 1.28 bits per heavy atom. The molecule has 1 aliphatic heterocycles. The van der Waals surface area contributed by atoms with Crippen molar-refractivity contribution in [3.63, 3.8) is 0 Å². The highest BCUT2D eigenvalue weighted by Crippen LogP contribution is 2.20. The molecule has 6 heteroatoms. The van der Waals surface area contributed by atoms with Gasteiger partial charge < -0.3 is 16.0 Å². The summed E-state index contributed by atoms with van der Waals surface area (Å²) >= 11 is 5.87. The standard InChI is InChI=1S/C19H28ClN3O2/c1-3-19(21,4-2)13-22-17(24)15-6-5-11-23(12-15)18(25)14-7-9-16(20)10-8-14/h7-10,15H,3-6,11-13,21H2,1-2H3,(H,22,24). The van der Waals surface area contributed by atoms with E-state index in [1.165, 1.54) is 0 Å². The van der Waals surface area contributed by atoms with Crippen LogP contribution in [-0.2, 0) is 4.79 Å². The third-order valence-electron chi connectivity index (χ3n) is 5.19. The van der Waals surface area contributed by atoms with Crippen molar-refractivity contribution in [3.8, 4) is 0 Å². The van der Waals surface area contributed by atoms with Crippen LogP contribution in [0.1, 0.15) is 49.9 Å². The van der Waals surface area contributed by atoms with Crippen molar-refractivity contribution >= 4 is 23.4 Å². The number of likely N-dealkylation sites (tertiary alicyclic amines) is 1. The van der Waals surface area contributed by atoms with E-state index >= 15 is 0 Å². The SMILES string of the molecule is CCC(N)(CC)CNC(=O)C1CCCN(C(=O)c2ccc(Cl)cc2)C1. The molecule has 1 fully saturated rings. The van der Waals surface area contributed by atoms with Crippen molar-refractivity contribution in [2.24, 2.45) is 11.7 Å². The van der Waals surface area contributed by atoms with Gasteiger partial charge in [-0.2, -0.15) is 0 Å². The van der Waals surface area contributed by atoms with Crippen LogP contribution in [0, 0.1) is 5.92 Å². The molecule has 1 aromatic carbocycles. The van der Waals surface area contributed by atoms with Crippen molar-refractivity contribution in [1.82, 2.24) is 10.2 Å². The third kappa shape index (κ3) is 5.19. The summed E-state index contributed by atoms with van der Waals surface area (Å²) < 4.78 is 0. The van der Waals surface area contributed by atoms with E-state index in [9.17, 15) is 9.59 Å². The molecule has 0 bridgehead atoms. The van der Waals surface area contributed by atoms with E-state index in [-0.39, 0.29) is 23.3 Å². The molecule has 2 rings (SSSR count). The van der Waals surface area contributed by atoms with E-state index in [0.29, 0.717) is 30.2 Å². The molecule has 0 aromatic heterocycles. The Morgan fingerprint density at radius 2 is 1.92 bits per heavy atom. The lowest BCUT2D eigenvalue weighted by molar-refractivity contribution is -0.126. The van der Waals surface area contributed by atoms with Crippen molar-refractivity contribution in [2.75, 3.05) is 19.6 Å².